The average molecular weight is 622 g/mol. The van der Waals surface area contributed by atoms with Crippen LogP contribution in [-0.4, -0.2) is 17.0 Å². The second-order valence-electron chi connectivity index (χ2n) is 7.60. The first-order valence-corrected chi connectivity index (χ1v) is 11.7. The van der Waals surface area contributed by atoms with Crippen molar-refractivity contribution < 1.29 is 19.4 Å². The molecule has 0 aliphatic heterocycles. The van der Waals surface area contributed by atoms with E-state index < -0.39 is 23.8 Å². The standard InChI is InChI=1S/C24H16I2O4/c25-12-9-10-18(17(26)11-12)30-24(29)22-20-15-7-3-1-5-13(15)19(21(22)23(27)28)14-6-2-4-8-16(14)20/h1-11,19-22H,(H,27,28). The van der Waals surface area contributed by atoms with Gasteiger partial charge >= 0.3 is 11.9 Å². The predicted molar refractivity (Wildman–Crippen MR) is 129 cm³/mol. The Kier molecular flexibility index (Phi) is 5.09. The van der Waals surface area contributed by atoms with Crippen LogP contribution in [0.5, 0.6) is 5.75 Å². The summed E-state index contributed by atoms with van der Waals surface area (Å²) in [6.45, 7) is 0. The highest BCUT2D eigenvalue weighted by molar-refractivity contribution is 14.1. The number of carbonyl (C=O) groups is 2. The summed E-state index contributed by atoms with van der Waals surface area (Å²) >= 11 is 4.34. The molecular formula is C24H16I2O4. The molecule has 0 radical (unpaired) electrons. The van der Waals surface area contributed by atoms with E-state index in [2.05, 4.69) is 45.2 Å². The van der Waals surface area contributed by atoms with E-state index >= 15 is 0 Å². The van der Waals surface area contributed by atoms with Gasteiger partial charge in [0.2, 0.25) is 0 Å². The molecule has 0 aromatic heterocycles. The highest BCUT2D eigenvalue weighted by Crippen LogP contribution is 2.58. The summed E-state index contributed by atoms with van der Waals surface area (Å²) in [5, 5.41) is 10.2. The number of rotatable bonds is 3. The number of carbonyl (C=O) groups excluding carboxylic acids is 1. The van der Waals surface area contributed by atoms with Gasteiger partial charge in [-0.3, -0.25) is 9.59 Å². The Morgan fingerprint density at radius 1 is 0.767 bits per heavy atom. The van der Waals surface area contributed by atoms with Gasteiger partial charge in [-0.25, -0.2) is 0 Å². The van der Waals surface area contributed by atoms with Crippen LogP contribution in [-0.2, 0) is 9.59 Å². The Morgan fingerprint density at radius 3 is 1.73 bits per heavy atom. The largest absolute Gasteiger partial charge is 0.481 e. The Hall–Kier alpha value is -1.94. The Morgan fingerprint density at radius 2 is 1.27 bits per heavy atom. The highest BCUT2D eigenvalue weighted by atomic mass is 127. The van der Waals surface area contributed by atoms with Gasteiger partial charge in [-0.15, -0.1) is 0 Å². The fourth-order valence-corrected chi connectivity index (χ4v) is 6.70. The van der Waals surface area contributed by atoms with E-state index in [0.29, 0.717) is 5.75 Å². The molecule has 6 rings (SSSR count). The van der Waals surface area contributed by atoms with Gasteiger partial charge < -0.3 is 9.84 Å². The van der Waals surface area contributed by atoms with Crippen molar-refractivity contribution in [1.29, 1.82) is 0 Å². The Bertz CT molecular complexity index is 1140. The summed E-state index contributed by atoms with van der Waals surface area (Å²) in [6.07, 6.45) is 0. The number of carboxylic acids is 1. The van der Waals surface area contributed by atoms with E-state index in [-0.39, 0.29) is 11.8 Å². The summed E-state index contributed by atoms with van der Waals surface area (Å²) in [5.74, 6) is -3.34. The minimum atomic E-state index is -0.965. The molecule has 3 aromatic rings. The second-order valence-corrected chi connectivity index (χ2v) is 10.0. The lowest BCUT2D eigenvalue weighted by Gasteiger charge is -2.47. The molecule has 30 heavy (non-hydrogen) atoms. The van der Waals surface area contributed by atoms with Crippen molar-refractivity contribution in [2.24, 2.45) is 11.8 Å². The van der Waals surface area contributed by atoms with Gasteiger partial charge in [-0.1, -0.05) is 48.5 Å². The highest BCUT2D eigenvalue weighted by Gasteiger charge is 2.56. The van der Waals surface area contributed by atoms with Crippen LogP contribution in [0.15, 0.2) is 66.7 Å². The fraction of sp³-hybridized carbons (Fsp3) is 0.167. The number of fused-ring (bicyclic) bond motifs is 1. The molecule has 3 aromatic carbocycles. The van der Waals surface area contributed by atoms with Crippen molar-refractivity contribution in [3.63, 3.8) is 0 Å². The number of hydrogen-bond donors (Lipinski definition) is 1. The van der Waals surface area contributed by atoms with Gasteiger partial charge in [0.1, 0.15) is 5.75 Å². The average Bonchev–Trinajstić information content (AvgIpc) is 2.75. The molecule has 1 N–H and O–H groups in total. The summed E-state index contributed by atoms with van der Waals surface area (Å²) in [7, 11) is 0. The number of ether oxygens (including phenoxy) is 1. The number of esters is 1. The molecule has 2 bridgehead atoms. The minimum Gasteiger partial charge on any atom is -0.481 e. The zero-order valence-electron chi connectivity index (χ0n) is 15.6. The number of aliphatic carboxylic acids is 1. The number of carboxylic acid groups (broad SMARTS) is 1. The van der Waals surface area contributed by atoms with Crippen LogP contribution < -0.4 is 4.74 Å². The first kappa shape index (κ1) is 20.0. The third-order valence-corrected chi connectivity index (χ3v) is 7.61. The summed E-state index contributed by atoms with van der Waals surface area (Å²) < 4.78 is 7.65. The van der Waals surface area contributed by atoms with E-state index in [1.807, 2.05) is 60.7 Å². The Balaban J connectivity index is 1.64. The van der Waals surface area contributed by atoms with Crippen molar-refractivity contribution in [2.75, 3.05) is 0 Å². The molecule has 0 saturated carbocycles. The second kappa shape index (κ2) is 7.64. The van der Waals surface area contributed by atoms with Crippen LogP contribution in [0, 0.1) is 19.0 Å². The maximum atomic E-state index is 13.4. The molecule has 0 amide bonds. The van der Waals surface area contributed by atoms with Crippen molar-refractivity contribution >= 4 is 57.1 Å². The van der Waals surface area contributed by atoms with Crippen LogP contribution in [0.4, 0.5) is 0 Å². The lowest BCUT2D eigenvalue weighted by atomic mass is 9.54. The maximum absolute atomic E-state index is 13.4. The Labute approximate surface area is 200 Å². The van der Waals surface area contributed by atoms with Gasteiger partial charge in [-0.05, 0) is 85.6 Å². The molecule has 150 valence electrons. The van der Waals surface area contributed by atoms with Crippen molar-refractivity contribution in [1.82, 2.24) is 0 Å². The maximum Gasteiger partial charge on any atom is 0.316 e. The van der Waals surface area contributed by atoms with E-state index in [0.717, 1.165) is 29.4 Å². The molecule has 3 aliphatic rings. The molecule has 0 fully saturated rings. The van der Waals surface area contributed by atoms with Gasteiger partial charge in [0.25, 0.3) is 0 Å². The van der Waals surface area contributed by atoms with Crippen LogP contribution >= 0.6 is 45.2 Å². The third-order valence-electron chi connectivity index (χ3n) is 6.10. The van der Waals surface area contributed by atoms with E-state index in [4.69, 9.17) is 4.74 Å². The van der Waals surface area contributed by atoms with Gasteiger partial charge in [0.05, 0.1) is 15.4 Å². The molecule has 0 spiro atoms. The van der Waals surface area contributed by atoms with Gasteiger partial charge in [0.15, 0.2) is 0 Å². The van der Waals surface area contributed by atoms with E-state index in [1.165, 1.54) is 0 Å². The third kappa shape index (κ3) is 3.07. The van der Waals surface area contributed by atoms with Crippen LogP contribution in [0.2, 0.25) is 0 Å². The number of benzene rings is 3. The molecular weight excluding hydrogens is 606 g/mol. The first-order chi connectivity index (χ1) is 14.5. The summed E-state index contributed by atoms with van der Waals surface area (Å²) in [6, 6.07) is 21.3. The smallest absolute Gasteiger partial charge is 0.316 e. The SMILES string of the molecule is O=C(O)C1C2c3ccccc3C(c3ccccc32)C1C(=O)Oc1ccc(I)cc1I. The van der Waals surface area contributed by atoms with Gasteiger partial charge in [0, 0.05) is 15.4 Å². The molecule has 0 saturated heterocycles. The molecule has 2 unspecified atom stereocenters. The molecule has 6 heteroatoms. The molecule has 2 atom stereocenters. The van der Waals surface area contributed by atoms with Crippen LogP contribution in [0.3, 0.4) is 0 Å². The summed E-state index contributed by atoms with van der Waals surface area (Å²) in [4.78, 5) is 25.9. The van der Waals surface area contributed by atoms with Crippen molar-refractivity contribution in [2.45, 2.75) is 11.8 Å². The van der Waals surface area contributed by atoms with E-state index in [9.17, 15) is 14.7 Å². The predicted octanol–water partition coefficient (Wildman–Crippen LogP) is 5.41. The van der Waals surface area contributed by atoms with Crippen LogP contribution in [0.1, 0.15) is 34.1 Å². The molecule has 3 aliphatic carbocycles. The lowest BCUT2D eigenvalue weighted by Crippen LogP contribution is -2.48. The fourth-order valence-electron chi connectivity index (χ4n) is 4.99. The normalized spacial score (nSPS) is 23.4. The summed E-state index contributed by atoms with van der Waals surface area (Å²) in [5.41, 5.74) is 4.05. The monoisotopic (exact) mass is 622 g/mol. The lowest BCUT2D eigenvalue weighted by molar-refractivity contribution is -0.154. The van der Waals surface area contributed by atoms with Crippen molar-refractivity contribution in [3.05, 3.63) is 96.1 Å². The minimum absolute atomic E-state index is 0.336. The molecule has 0 heterocycles. The number of hydrogen-bond acceptors (Lipinski definition) is 3. The zero-order valence-corrected chi connectivity index (χ0v) is 19.9. The van der Waals surface area contributed by atoms with E-state index in [1.54, 1.807) is 6.07 Å². The van der Waals surface area contributed by atoms with Crippen molar-refractivity contribution in [3.8, 4) is 5.75 Å². The first-order valence-electron chi connectivity index (χ1n) is 9.54. The van der Waals surface area contributed by atoms with Crippen LogP contribution in [0.25, 0.3) is 0 Å². The molecule has 4 nitrogen and oxygen atoms in total. The topological polar surface area (TPSA) is 63.6 Å². The van der Waals surface area contributed by atoms with Gasteiger partial charge in [-0.2, -0.15) is 0 Å². The quantitative estimate of drug-likeness (QED) is 0.241. The zero-order chi connectivity index (χ0) is 21.0. The number of halogens is 2.